The van der Waals surface area contributed by atoms with Crippen LogP contribution in [0.3, 0.4) is 0 Å². The van der Waals surface area contributed by atoms with Crippen molar-refractivity contribution in [2.24, 2.45) is 0 Å². The van der Waals surface area contributed by atoms with Crippen molar-refractivity contribution in [3.05, 3.63) is 69.3 Å². The van der Waals surface area contributed by atoms with Crippen LogP contribution in [0, 0.1) is 24.0 Å². The normalized spacial score (nSPS) is 13.3. The Morgan fingerprint density at radius 2 is 1.93 bits per heavy atom. The van der Waals surface area contributed by atoms with Crippen molar-refractivity contribution in [1.82, 2.24) is 14.9 Å². The quantitative estimate of drug-likeness (QED) is 0.499. The fraction of sp³-hybridized carbons (Fsp3) is 0.211. The first-order valence-corrected chi connectivity index (χ1v) is 9.67. The van der Waals surface area contributed by atoms with Gasteiger partial charge in [0.2, 0.25) is 5.16 Å². The van der Waals surface area contributed by atoms with Crippen LogP contribution in [0.25, 0.3) is 11.4 Å². The molecule has 3 aromatic rings. The molecule has 142 valence electrons. The Labute approximate surface area is 165 Å². The molecule has 0 bridgehead atoms. The van der Waals surface area contributed by atoms with Crippen molar-refractivity contribution in [3.63, 3.8) is 0 Å². The second-order valence-electron chi connectivity index (χ2n) is 6.47. The molecular formula is C19H17N5O3S. The zero-order valence-electron chi connectivity index (χ0n) is 15.3. The average Bonchev–Trinajstić information content (AvgIpc) is 3.12. The summed E-state index contributed by atoms with van der Waals surface area (Å²) in [6.07, 6.45) is 0. The minimum absolute atomic E-state index is 0.0691. The van der Waals surface area contributed by atoms with Crippen LogP contribution in [-0.4, -0.2) is 38.0 Å². The van der Waals surface area contributed by atoms with E-state index in [0.29, 0.717) is 28.8 Å². The lowest BCUT2D eigenvalue weighted by Crippen LogP contribution is -2.45. The van der Waals surface area contributed by atoms with Crippen LogP contribution in [-0.2, 0) is 0 Å². The first kappa shape index (κ1) is 18.2. The van der Waals surface area contributed by atoms with Gasteiger partial charge in [0.05, 0.1) is 11.5 Å². The molecule has 2 heterocycles. The Bertz CT molecular complexity index is 1090. The van der Waals surface area contributed by atoms with E-state index in [0.717, 1.165) is 11.1 Å². The van der Waals surface area contributed by atoms with Crippen LogP contribution in [0.5, 0.6) is 0 Å². The van der Waals surface area contributed by atoms with Gasteiger partial charge in [-0.15, -0.1) is 10.2 Å². The van der Waals surface area contributed by atoms with Gasteiger partial charge in [0, 0.05) is 28.5 Å². The van der Waals surface area contributed by atoms with E-state index in [1.165, 1.54) is 17.8 Å². The highest BCUT2D eigenvalue weighted by atomic mass is 32.2. The van der Waals surface area contributed by atoms with Crippen molar-refractivity contribution < 1.29 is 9.72 Å². The number of nitro groups is 1. The molecule has 0 atom stereocenters. The Hall–Kier alpha value is -3.20. The summed E-state index contributed by atoms with van der Waals surface area (Å²) in [5, 5.41) is 22.0. The van der Waals surface area contributed by atoms with Crippen LogP contribution < -0.4 is 5.01 Å². The van der Waals surface area contributed by atoms with Gasteiger partial charge in [-0.25, -0.2) is 9.69 Å². The molecule has 0 aliphatic carbocycles. The summed E-state index contributed by atoms with van der Waals surface area (Å²) in [5.41, 5.74) is 2.62. The number of carbonyl (C=O) groups excluding carboxylic acids is 1. The summed E-state index contributed by atoms with van der Waals surface area (Å²) in [6.45, 7) is 4.08. The number of amides is 1. The van der Waals surface area contributed by atoms with E-state index < -0.39 is 4.92 Å². The Morgan fingerprint density at radius 3 is 2.68 bits per heavy atom. The van der Waals surface area contributed by atoms with Gasteiger partial charge in [0.1, 0.15) is 0 Å². The molecule has 0 N–H and O–H groups in total. The van der Waals surface area contributed by atoms with Gasteiger partial charge in [-0.2, -0.15) is 0 Å². The molecule has 0 unspecified atom stereocenters. The second kappa shape index (κ2) is 7.08. The average molecular weight is 395 g/mol. The first-order valence-electron chi connectivity index (χ1n) is 8.69. The molecule has 1 aromatic heterocycles. The van der Waals surface area contributed by atoms with Gasteiger partial charge in [0.25, 0.3) is 11.6 Å². The maximum Gasteiger partial charge on any atom is 0.273 e. The Balaban J connectivity index is 1.79. The summed E-state index contributed by atoms with van der Waals surface area (Å²) in [6, 6.07) is 12.3. The van der Waals surface area contributed by atoms with Gasteiger partial charge >= 0.3 is 0 Å². The maximum atomic E-state index is 13.2. The van der Waals surface area contributed by atoms with Crippen LogP contribution in [0.15, 0.2) is 47.6 Å². The fourth-order valence-electron chi connectivity index (χ4n) is 3.17. The second-order valence-corrected chi connectivity index (χ2v) is 7.53. The van der Waals surface area contributed by atoms with Crippen LogP contribution in [0.1, 0.15) is 21.5 Å². The third-order valence-electron chi connectivity index (χ3n) is 4.66. The van der Waals surface area contributed by atoms with Crippen LogP contribution in [0.2, 0.25) is 0 Å². The van der Waals surface area contributed by atoms with Gasteiger partial charge in [-0.05, 0) is 25.5 Å². The molecule has 9 heteroatoms. The van der Waals surface area contributed by atoms with E-state index in [1.807, 2.05) is 31.2 Å². The highest BCUT2D eigenvalue weighted by molar-refractivity contribution is 7.99. The maximum absolute atomic E-state index is 13.2. The van der Waals surface area contributed by atoms with Crippen molar-refractivity contribution in [2.45, 2.75) is 19.0 Å². The Kier molecular flexibility index (Phi) is 4.60. The number of nitro benzene ring substituents is 1. The van der Waals surface area contributed by atoms with Gasteiger partial charge < -0.3 is 0 Å². The molecule has 2 aromatic carbocycles. The summed E-state index contributed by atoms with van der Waals surface area (Å²) in [4.78, 5) is 24.0. The number of aromatic nitrogens is 3. The van der Waals surface area contributed by atoms with E-state index in [1.54, 1.807) is 28.7 Å². The molecular weight excluding hydrogens is 378 g/mol. The summed E-state index contributed by atoms with van der Waals surface area (Å²) in [5.74, 6) is 0.931. The van der Waals surface area contributed by atoms with Gasteiger partial charge in [-0.3, -0.25) is 14.9 Å². The number of rotatable bonds is 3. The molecule has 1 amide bonds. The van der Waals surface area contributed by atoms with E-state index in [2.05, 4.69) is 10.2 Å². The SMILES string of the molecule is Cc1ccccc1-c1nnc2n1N(C(=O)c1ccc(C)c([N+](=O)[O-])c1)CCS2. The number of carbonyl (C=O) groups is 1. The summed E-state index contributed by atoms with van der Waals surface area (Å²) < 4.78 is 1.71. The zero-order valence-corrected chi connectivity index (χ0v) is 16.1. The number of nitrogens with zero attached hydrogens (tertiary/aromatic N) is 5. The monoisotopic (exact) mass is 395 g/mol. The number of thioether (sulfide) groups is 1. The zero-order chi connectivity index (χ0) is 19.8. The number of hydrogen-bond donors (Lipinski definition) is 0. The van der Waals surface area contributed by atoms with Crippen molar-refractivity contribution in [2.75, 3.05) is 17.3 Å². The third kappa shape index (κ3) is 3.03. The van der Waals surface area contributed by atoms with E-state index in [9.17, 15) is 14.9 Å². The number of aryl methyl sites for hydroxylation is 2. The third-order valence-corrected chi connectivity index (χ3v) is 5.56. The summed E-state index contributed by atoms with van der Waals surface area (Å²) >= 11 is 1.52. The lowest BCUT2D eigenvalue weighted by atomic mass is 10.1. The molecule has 28 heavy (non-hydrogen) atoms. The minimum Gasteiger partial charge on any atom is -0.267 e. The standard InChI is InChI=1S/C19H17N5O3S/c1-12-5-3-4-6-15(12)17-20-21-19-23(17)22(9-10-28-19)18(25)14-8-7-13(2)16(11-14)24(26)27/h3-8,11H,9-10H2,1-2H3. The van der Waals surface area contributed by atoms with Crippen LogP contribution >= 0.6 is 11.8 Å². The van der Waals surface area contributed by atoms with E-state index >= 15 is 0 Å². The topological polar surface area (TPSA) is 94.2 Å². The predicted molar refractivity (Wildman–Crippen MR) is 106 cm³/mol. The van der Waals surface area contributed by atoms with Gasteiger partial charge in [0.15, 0.2) is 5.82 Å². The van der Waals surface area contributed by atoms with Crippen molar-refractivity contribution in [1.29, 1.82) is 0 Å². The lowest BCUT2D eigenvalue weighted by molar-refractivity contribution is -0.385. The number of hydrogen-bond acceptors (Lipinski definition) is 6. The summed E-state index contributed by atoms with van der Waals surface area (Å²) in [7, 11) is 0. The van der Waals surface area contributed by atoms with Crippen molar-refractivity contribution >= 4 is 23.4 Å². The Morgan fingerprint density at radius 1 is 1.14 bits per heavy atom. The molecule has 0 radical (unpaired) electrons. The fourth-order valence-corrected chi connectivity index (χ4v) is 4.02. The van der Waals surface area contributed by atoms with Crippen LogP contribution in [0.4, 0.5) is 5.69 Å². The predicted octanol–water partition coefficient (Wildman–Crippen LogP) is 3.35. The largest absolute Gasteiger partial charge is 0.273 e. The molecule has 1 aliphatic heterocycles. The minimum atomic E-state index is -0.471. The molecule has 1 aliphatic rings. The smallest absolute Gasteiger partial charge is 0.267 e. The molecule has 4 rings (SSSR count). The molecule has 0 saturated carbocycles. The van der Waals surface area contributed by atoms with E-state index in [4.69, 9.17) is 0 Å². The molecule has 0 fully saturated rings. The molecule has 0 saturated heterocycles. The van der Waals surface area contributed by atoms with Crippen molar-refractivity contribution in [3.8, 4) is 11.4 Å². The van der Waals surface area contributed by atoms with E-state index in [-0.39, 0.29) is 17.2 Å². The van der Waals surface area contributed by atoms with Gasteiger partial charge in [-0.1, -0.05) is 42.1 Å². The lowest BCUT2D eigenvalue weighted by Gasteiger charge is -2.29. The number of fused-ring (bicyclic) bond motifs is 1. The highest BCUT2D eigenvalue weighted by Gasteiger charge is 2.30. The first-order chi connectivity index (χ1) is 13.5. The molecule has 0 spiro atoms. The highest BCUT2D eigenvalue weighted by Crippen LogP contribution is 2.30. The molecule has 8 nitrogen and oxygen atoms in total. The number of benzene rings is 2.